The summed E-state index contributed by atoms with van der Waals surface area (Å²) in [6.07, 6.45) is 1.16. The Morgan fingerprint density at radius 3 is 2.56 bits per heavy atom. The van der Waals surface area contributed by atoms with Gasteiger partial charge in [-0.15, -0.1) is 13.2 Å². The number of halogens is 3. The van der Waals surface area contributed by atoms with Crippen LogP contribution in [0.4, 0.5) is 18.9 Å². The normalized spacial score (nSPS) is 18.0. The van der Waals surface area contributed by atoms with E-state index >= 15 is 0 Å². The van der Waals surface area contributed by atoms with Gasteiger partial charge in [0.1, 0.15) is 0 Å². The third-order valence-electron chi connectivity index (χ3n) is 4.52. The second kappa shape index (κ2) is 8.42. The molecule has 25 heavy (non-hydrogen) atoms. The standard InChI is InChI=1S/C17H24F3N3O2/c18-17(19,20)25-14-7-3-2-6-13(14)23-15(21)22-12-16(10-11-24)8-4-1-5-9-16/h2-3,6-7,24H,1,4-5,8-12H2,(H3,21,22,23). The van der Waals surface area contributed by atoms with Crippen molar-refractivity contribution in [3.05, 3.63) is 24.3 Å². The summed E-state index contributed by atoms with van der Waals surface area (Å²) in [6.45, 7) is 0.528. The molecule has 0 aromatic heterocycles. The van der Waals surface area contributed by atoms with Gasteiger partial charge >= 0.3 is 6.36 Å². The van der Waals surface area contributed by atoms with Crippen molar-refractivity contribution in [2.75, 3.05) is 18.5 Å². The highest BCUT2D eigenvalue weighted by Gasteiger charge is 2.33. The van der Waals surface area contributed by atoms with E-state index in [0.29, 0.717) is 13.0 Å². The van der Waals surface area contributed by atoms with Gasteiger partial charge in [0.25, 0.3) is 0 Å². The van der Waals surface area contributed by atoms with Gasteiger partial charge in [-0.25, -0.2) is 0 Å². The number of nitrogens with zero attached hydrogens (tertiary/aromatic N) is 1. The van der Waals surface area contributed by atoms with E-state index in [0.717, 1.165) is 25.7 Å². The van der Waals surface area contributed by atoms with E-state index in [9.17, 15) is 18.3 Å². The van der Waals surface area contributed by atoms with E-state index in [2.05, 4.69) is 15.0 Å². The minimum Gasteiger partial charge on any atom is -0.404 e. The van der Waals surface area contributed by atoms with Gasteiger partial charge in [0.2, 0.25) is 0 Å². The third kappa shape index (κ3) is 6.12. The van der Waals surface area contributed by atoms with E-state index in [1.807, 2.05) is 0 Å². The Bertz CT molecular complexity index is 579. The molecule has 1 aromatic rings. The molecule has 8 heteroatoms. The Morgan fingerprint density at radius 2 is 1.92 bits per heavy atom. The molecule has 0 spiro atoms. The third-order valence-corrected chi connectivity index (χ3v) is 4.52. The zero-order chi connectivity index (χ0) is 18.3. The van der Waals surface area contributed by atoms with E-state index < -0.39 is 6.36 Å². The first-order valence-corrected chi connectivity index (χ1v) is 8.36. The van der Waals surface area contributed by atoms with Crippen LogP contribution in [0.3, 0.4) is 0 Å². The highest BCUT2D eigenvalue weighted by atomic mass is 19.4. The monoisotopic (exact) mass is 359 g/mol. The van der Waals surface area contributed by atoms with Crippen LogP contribution >= 0.6 is 0 Å². The van der Waals surface area contributed by atoms with Crippen LogP contribution in [0, 0.1) is 5.41 Å². The van der Waals surface area contributed by atoms with E-state index in [4.69, 9.17) is 5.73 Å². The van der Waals surface area contributed by atoms with Crippen LogP contribution < -0.4 is 15.8 Å². The number of aliphatic imine (C=N–C) groups is 1. The van der Waals surface area contributed by atoms with Gasteiger partial charge in [0.05, 0.1) is 5.69 Å². The van der Waals surface area contributed by atoms with Crippen molar-refractivity contribution in [3.63, 3.8) is 0 Å². The molecule has 5 nitrogen and oxygen atoms in total. The highest BCUT2D eigenvalue weighted by molar-refractivity contribution is 5.93. The molecule has 0 saturated heterocycles. The second-order valence-electron chi connectivity index (χ2n) is 6.40. The molecule has 0 unspecified atom stereocenters. The van der Waals surface area contributed by atoms with Crippen molar-refractivity contribution in [1.29, 1.82) is 0 Å². The van der Waals surface area contributed by atoms with E-state index in [1.54, 1.807) is 6.07 Å². The number of hydrogen-bond donors (Lipinski definition) is 3. The van der Waals surface area contributed by atoms with Gasteiger partial charge in [0.15, 0.2) is 11.7 Å². The minimum atomic E-state index is -4.78. The molecule has 1 aliphatic carbocycles. The van der Waals surface area contributed by atoms with Gasteiger partial charge in [-0.2, -0.15) is 0 Å². The summed E-state index contributed by atoms with van der Waals surface area (Å²) in [7, 11) is 0. The molecule has 1 fully saturated rings. The molecule has 0 radical (unpaired) electrons. The number of aliphatic hydroxyl groups excluding tert-OH is 1. The van der Waals surface area contributed by atoms with Crippen molar-refractivity contribution in [1.82, 2.24) is 0 Å². The average Bonchev–Trinajstić information content (AvgIpc) is 2.55. The molecule has 1 aromatic carbocycles. The number of ether oxygens (including phenoxy) is 1. The molecule has 0 bridgehead atoms. The molecule has 4 N–H and O–H groups in total. The van der Waals surface area contributed by atoms with Crippen LogP contribution in [0.15, 0.2) is 29.3 Å². The van der Waals surface area contributed by atoms with Gasteiger partial charge in [0, 0.05) is 13.2 Å². The second-order valence-corrected chi connectivity index (χ2v) is 6.40. The predicted octanol–water partition coefficient (Wildman–Crippen LogP) is 3.64. The lowest BCUT2D eigenvalue weighted by Gasteiger charge is -2.35. The first-order chi connectivity index (χ1) is 11.8. The molecular formula is C17H24F3N3O2. The van der Waals surface area contributed by atoms with Crippen LogP contribution in [0.5, 0.6) is 5.75 Å². The fourth-order valence-corrected chi connectivity index (χ4v) is 3.24. The zero-order valence-corrected chi connectivity index (χ0v) is 14.0. The maximum absolute atomic E-state index is 12.4. The molecule has 0 heterocycles. The SMILES string of the molecule is NC(=NCC1(CCO)CCCCC1)Nc1ccccc1OC(F)(F)F. The van der Waals surface area contributed by atoms with Crippen LogP contribution in [0.25, 0.3) is 0 Å². The number of guanidine groups is 1. The molecule has 2 rings (SSSR count). The maximum atomic E-state index is 12.4. The smallest absolute Gasteiger partial charge is 0.404 e. The number of nitrogens with two attached hydrogens (primary N) is 1. The van der Waals surface area contributed by atoms with Crippen molar-refractivity contribution in [2.24, 2.45) is 16.1 Å². The van der Waals surface area contributed by atoms with Crippen LogP contribution in [-0.4, -0.2) is 30.6 Å². The highest BCUT2D eigenvalue weighted by Crippen LogP contribution is 2.39. The number of nitrogens with one attached hydrogen (secondary N) is 1. The zero-order valence-electron chi connectivity index (χ0n) is 14.0. The van der Waals surface area contributed by atoms with Crippen molar-refractivity contribution < 1.29 is 23.0 Å². The minimum absolute atomic E-state index is 0.0288. The average molecular weight is 359 g/mol. The van der Waals surface area contributed by atoms with Gasteiger partial charge < -0.3 is 20.9 Å². The number of anilines is 1. The Balaban J connectivity index is 2.06. The lowest BCUT2D eigenvalue weighted by molar-refractivity contribution is -0.274. The number of aliphatic hydroxyl groups is 1. The van der Waals surface area contributed by atoms with Crippen molar-refractivity contribution in [2.45, 2.75) is 44.9 Å². The number of para-hydroxylation sites is 2. The fraction of sp³-hybridized carbons (Fsp3) is 0.588. The molecule has 0 aliphatic heterocycles. The number of rotatable bonds is 6. The molecule has 0 amide bonds. The van der Waals surface area contributed by atoms with Gasteiger partial charge in [-0.1, -0.05) is 31.4 Å². The van der Waals surface area contributed by atoms with Crippen LogP contribution in [0.1, 0.15) is 38.5 Å². The summed E-state index contributed by atoms with van der Waals surface area (Å²) in [5.41, 5.74) is 5.87. The summed E-state index contributed by atoms with van der Waals surface area (Å²) < 4.78 is 41.3. The first-order valence-electron chi connectivity index (χ1n) is 8.36. The Labute approximate surface area is 145 Å². The van der Waals surface area contributed by atoms with E-state index in [1.165, 1.54) is 24.6 Å². The molecule has 1 aliphatic rings. The van der Waals surface area contributed by atoms with Crippen LogP contribution in [0.2, 0.25) is 0 Å². The summed E-state index contributed by atoms with van der Waals surface area (Å²) in [5.74, 6) is -0.336. The van der Waals surface area contributed by atoms with Crippen LogP contribution in [-0.2, 0) is 0 Å². The van der Waals surface area contributed by atoms with Gasteiger partial charge in [-0.05, 0) is 36.8 Å². The molecule has 140 valence electrons. The molecule has 1 saturated carbocycles. The fourth-order valence-electron chi connectivity index (χ4n) is 3.24. The topological polar surface area (TPSA) is 79.9 Å². The Kier molecular flexibility index (Phi) is 6.52. The van der Waals surface area contributed by atoms with Crippen molar-refractivity contribution in [3.8, 4) is 5.75 Å². The Hall–Kier alpha value is -1.96. The largest absolute Gasteiger partial charge is 0.573 e. The number of alkyl halides is 3. The summed E-state index contributed by atoms with van der Waals surface area (Å²) in [4.78, 5) is 4.31. The summed E-state index contributed by atoms with van der Waals surface area (Å²) >= 11 is 0. The van der Waals surface area contributed by atoms with E-state index in [-0.39, 0.29) is 29.4 Å². The number of benzene rings is 1. The quantitative estimate of drug-likeness (QED) is 0.535. The van der Waals surface area contributed by atoms with Crippen molar-refractivity contribution >= 4 is 11.6 Å². The Morgan fingerprint density at radius 1 is 1.24 bits per heavy atom. The maximum Gasteiger partial charge on any atom is 0.573 e. The lowest BCUT2D eigenvalue weighted by Crippen LogP contribution is -2.31. The lowest BCUT2D eigenvalue weighted by atomic mass is 9.72. The summed E-state index contributed by atoms with van der Waals surface area (Å²) in [5, 5.41) is 12.0. The molecular weight excluding hydrogens is 335 g/mol. The first kappa shape index (κ1) is 19.4. The predicted molar refractivity (Wildman–Crippen MR) is 90.5 cm³/mol. The summed E-state index contributed by atoms with van der Waals surface area (Å²) in [6, 6.07) is 5.66. The molecule has 0 atom stereocenters. The number of hydrogen-bond acceptors (Lipinski definition) is 3. The van der Waals surface area contributed by atoms with Gasteiger partial charge in [-0.3, -0.25) is 4.99 Å².